The molecule has 0 atom stereocenters. The molecular formula is C17H25F3N2O. The van der Waals surface area contributed by atoms with Crippen LogP contribution in [0.2, 0.25) is 0 Å². The molecule has 0 aromatic heterocycles. The summed E-state index contributed by atoms with van der Waals surface area (Å²) >= 11 is 0. The fraction of sp³-hybridized carbons (Fsp3) is 0.647. The van der Waals surface area contributed by atoms with Gasteiger partial charge in [0.2, 0.25) is 0 Å². The van der Waals surface area contributed by atoms with Crippen LogP contribution >= 0.6 is 0 Å². The van der Waals surface area contributed by atoms with E-state index < -0.39 is 12.7 Å². The van der Waals surface area contributed by atoms with Gasteiger partial charge in [-0.1, -0.05) is 6.92 Å². The third kappa shape index (κ3) is 5.94. The van der Waals surface area contributed by atoms with Crippen LogP contribution in [0.4, 0.5) is 18.9 Å². The molecule has 1 aromatic rings. The number of hydrogen-bond acceptors (Lipinski definition) is 3. The topological polar surface area (TPSA) is 24.5 Å². The van der Waals surface area contributed by atoms with Gasteiger partial charge < -0.3 is 10.1 Å². The lowest BCUT2D eigenvalue weighted by Crippen LogP contribution is -2.41. The summed E-state index contributed by atoms with van der Waals surface area (Å²) < 4.78 is 42.4. The Morgan fingerprint density at radius 3 is 2.48 bits per heavy atom. The van der Waals surface area contributed by atoms with E-state index in [1.807, 2.05) is 12.1 Å². The van der Waals surface area contributed by atoms with Crippen LogP contribution in [0.1, 0.15) is 25.3 Å². The number of rotatable bonds is 6. The van der Waals surface area contributed by atoms with E-state index >= 15 is 0 Å². The molecule has 0 radical (unpaired) electrons. The molecule has 130 valence electrons. The third-order valence-corrected chi connectivity index (χ3v) is 4.32. The lowest BCUT2D eigenvalue weighted by atomic mass is 9.96. The number of ether oxygens (including phenoxy) is 1. The first-order valence-corrected chi connectivity index (χ1v) is 8.10. The summed E-state index contributed by atoms with van der Waals surface area (Å²) in [6.07, 6.45) is -1.56. The van der Waals surface area contributed by atoms with E-state index in [1.54, 1.807) is 7.11 Å². The van der Waals surface area contributed by atoms with Crippen LogP contribution in [0.3, 0.4) is 0 Å². The maximum atomic E-state index is 12.4. The van der Waals surface area contributed by atoms with Gasteiger partial charge in [0.05, 0.1) is 13.7 Å². The molecule has 3 nitrogen and oxygen atoms in total. The highest BCUT2D eigenvalue weighted by molar-refractivity contribution is 5.51. The first-order chi connectivity index (χ1) is 10.9. The predicted octanol–water partition coefficient (Wildman–Crippen LogP) is 3.94. The quantitative estimate of drug-likeness (QED) is 0.855. The first-order valence-electron chi connectivity index (χ1n) is 8.10. The molecule has 0 saturated carbocycles. The molecule has 1 aliphatic heterocycles. The minimum absolute atomic E-state index is 0.413. The summed E-state index contributed by atoms with van der Waals surface area (Å²) in [5, 5.41) is 3.41. The van der Waals surface area contributed by atoms with Gasteiger partial charge in [-0.15, -0.1) is 0 Å². The van der Waals surface area contributed by atoms with Crippen LogP contribution in [0, 0.1) is 5.92 Å². The van der Waals surface area contributed by atoms with Crippen molar-refractivity contribution < 1.29 is 17.9 Å². The second-order valence-corrected chi connectivity index (χ2v) is 6.14. The SMILES string of the molecule is CCc1cc(NCC2CCN(CC(F)(F)F)CC2)cc(OC)c1. The standard InChI is InChI=1S/C17H25F3N2O/c1-3-13-8-15(10-16(9-13)23-2)21-11-14-4-6-22(7-5-14)12-17(18,19)20/h8-10,14,21H,3-7,11-12H2,1-2H3. The fourth-order valence-corrected chi connectivity index (χ4v) is 2.95. The van der Waals surface area contributed by atoms with Crippen molar-refractivity contribution in [3.8, 4) is 5.75 Å². The normalized spacial score (nSPS) is 17.3. The number of hydrogen-bond donors (Lipinski definition) is 1. The number of halogens is 3. The molecule has 1 saturated heterocycles. The Labute approximate surface area is 135 Å². The number of aryl methyl sites for hydroxylation is 1. The number of alkyl halides is 3. The highest BCUT2D eigenvalue weighted by atomic mass is 19.4. The molecule has 1 aliphatic rings. The number of benzene rings is 1. The molecule has 1 aromatic carbocycles. The molecule has 1 N–H and O–H groups in total. The van der Waals surface area contributed by atoms with Gasteiger partial charge in [-0.2, -0.15) is 13.2 Å². The molecule has 6 heteroatoms. The maximum absolute atomic E-state index is 12.4. The molecule has 2 rings (SSSR count). The predicted molar refractivity (Wildman–Crippen MR) is 86.1 cm³/mol. The van der Waals surface area contributed by atoms with Crippen LogP contribution in [0.25, 0.3) is 0 Å². The third-order valence-electron chi connectivity index (χ3n) is 4.32. The molecule has 23 heavy (non-hydrogen) atoms. The van der Waals surface area contributed by atoms with E-state index in [1.165, 1.54) is 10.5 Å². The van der Waals surface area contributed by atoms with E-state index in [0.29, 0.717) is 19.0 Å². The molecular weight excluding hydrogens is 305 g/mol. The van der Waals surface area contributed by atoms with E-state index in [2.05, 4.69) is 18.3 Å². The lowest BCUT2D eigenvalue weighted by molar-refractivity contribution is -0.148. The van der Waals surface area contributed by atoms with Gasteiger partial charge in [-0.25, -0.2) is 0 Å². The lowest BCUT2D eigenvalue weighted by Gasteiger charge is -2.32. The van der Waals surface area contributed by atoms with Gasteiger partial charge in [0.1, 0.15) is 5.75 Å². The van der Waals surface area contributed by atoms with Crippen molar-refractivity contribution >= 4 is 5.69 Å². The van der Waals surface area contributed by atoms with Crippen molar-refractivity contribution in [3.63, 3.8) is 0 Å². The van der Waals surface area contributed by atoms with Crippen LogP contribution in [0.5, 0.6) is 5.75 Å². The van der Waals surface area contributed by atoms with E-state index in [-0.39, 0.29) is 0 Å². The number of likely N-dealkylation sites (tertiary alicyclic amines) is 1. The number of piperidine rings is 1. The van der Waals surface area contributed by atoms with Gasteiger partial charge in [0.15, 0.2) is 0 Å². The summed E-state index contributed by atoms with van der Waals surface area (Å²) in [6.45, 7) is 3.13. The Morgan fingerprint density at radius 1 is 1.22 bits per heavy atom. The average Bonchev–Trinajstić information content (AvgIpc) is 2.52. The van der Waals surface area contributed by atoms with Gasteiger partial charge >= 0.3 is 6.18 Å². The van der Waals surface area contributed by atoms with E-state index in [9.17, 15) is 13.2 Å². The molecule has 0 aliphatic carbocycles. The Balaban J connectivity index is 1.81. The highest BCUT2D eigenvalue weighted by Crippen LogP contribution is 2.25. The van der Waals surface area contributed by atoms with Crippen molar-refractivity contribution in [3.05, 3.63) is 23.8 Å². The first kappa shape index (κ1) is 17.9. The number of nitrogens with zero attached hydrogens (tertiary/aromatic N) is 1. The summed E-state index contributed by atoms with van der Waals surface area (Å²) in [5.41, 5.74) is 2.21. The molecule has 0 spiro atoms. The van der Waals surface area contributed by atoms with Crippen molar-refractivity contribution in [1.29, 1.82) is 0 Å². The molecule has 1 fully saturated rings. The van der Waals surface area contributed by atoms with Crippen molar-refractivity contribution in [1.82, 2.24) is 4.90 Å². The van der Waals surface area contributed by atoms with Crippen LogP contribution < -0.4 is 10.1 Å². The summed E-state index contributed by atoms with van der Waals surface area (Å²) in [7, 11) is 1.65. The zero-order valence-corrected chi connectivity index (χ0v) is 13.7. The zero-order chi connectivity index (χ0) is 16.9. The average molecular weight is 330 g/mol. The summed E-state index contributed by atoms with van der Waals surface area (Å²) in [4.78, 5) is 1.50. The number of nitrogens with one attached hydrogen (secondary N) is 1. The molecule has 0 amide bonds. The Hall–Kier alpha value is -1.43. The zero-order valence-electron chi connectivity index (χ0n) is 13.7. The smallest absolute Gasteiger partial charge is 0.401 e. The summed E-state index contributed by atoms with van der Waals surface area (Å²) in [5.74, 6) is 1.24. The largest absolute Gasteiger partial charge is 0.497 e. The number of methoxy groups -OCH3 is 1. The van der Waals surface area contributed by atoms with Crippen molar-refractivity contribution in [2.75, 3.05) is 38.6 Å². The monoisotopic (exact) mass is 330 g/mol. The fourth-order valence-electron chi connectivity index (χ4n) is 2.95. The minimum Gasteiger partial charge on any atom is -0.497 e. The minimum atomic E-state index is -4.10. The van der Waals surface area contributed by atoms with Crippen molar-refractivity contribution in [2.45, 2.75) is 32.4 Å². The highest BCUT2D eigenvalue weighted by Gasteiger charge is 2.32. The maximum Gasteiger partial charge on any atom is 0.401 e. The van der Waals surface area contributed by atoms with Gasteiger partial charge in [0, 0.05) is 18.3 Å². The van der Waals surface area contributed by atoms with Gasteiger partial charge in [-0.3, -0.25) is 4.90 Å². The molecule has 0 unspecified atom stereocenters. The van der Waals surface area contributed by atoms with Gasteiger partial charge in [-0.05, 0) is 56.0 Å². The molecule has 0 bridgehead atoms. The Kier molecular flexibility index (Phi) is 6.16. The Bertz CT molecular complexity index is 475. The van der Waals surface area contributed by atoms with Crippen molar-refractivity contribution in [2.24, 2.45) is 5.92 Å². The second kappa shape index (κ2) is 7.90. The Morgan fingerprint density at radius 2 is 1.91 bits per heavy atom. The summed E-state index contributed by atoms with van der Waals surface area (Å²) in [6, 6.07) is 6.07. The van der Waals surface area contributed by atoms with Gasteiger partial charge in [0.25, 0.3) is 0 Å². The second-order valence-electron chi connectivity index (χ2n) is 6.14. The van der Waals surface area contributed by atoms with Crippen LogP contribution in [0.15, 0.2) is 18.2 Å². The molecule has 1 heterocycles. The van der Waals surface area contributed by atoms with Crippen LogP contribution in [-0.4, -0.2) is 44.4 Å². The number of anilines is 1. The van der Waals surface area contributed by atoms with Crippen LogP contribution in [-0.2, 0) is 6.42 Å². The van der Waals surface area contributed by atoms with E-state index in [0.717, 1.165) is 37.2 Å². The van der Waals surface area contributed by atoms with E-state index in [4.69, 9.17) is 4.74 Å².